The molecule has 13 heavy (non-hydrogen) atoms. The summed E-state index contributed by atoms with van der Waals surface area (Å²) in [6.07, 6.45) is 3.08. The van der Waals surface area contributed by atoms with Crippen LogP contribution in [-0.4, -0.2) is 36.2 Å². The Kier molecular flexibility index (Phi) is 3.24. The maximum Gasteiger partial charge on any atom is 0.171 e. The van der Waals surface area contributed by atoms with Crippen LogP contribution in [0, 0.1) is 0 Å². The number of carbonyl (C=O) groups excluding carboxylic acids is 1. The smallest absolute Gasteiger partial charge is 0.171 e. The summed E-state index contributed by atoms with van der Waals surface area (Å²) >= 11 is 1.72. The van der Waals surface area contributed by atoms with Gasteiger partial charge in [0, 0.05) is 6.61 Å². The van der Waals surface area contributed by atoms with Crippen molar-refractivity contribution in [1.82, 2.24) is 5.32 Å². The van der Waals surface area contributed by atoms with Crippen LogP contribution in [-0.2, 0) is 9.53 Å². The van der Waals surface area contributed by atoms with E-state index < -0.39 is 0 Å². The molecule has 0 saturated carbocycles. The first kappa shape index (κ1) is 9.49. The van der Waals surface area contributed by atoms with Crippen molar-refractivity contribution in [3.05, 3.63) is 0 Å². The third-order valence-corrected chi connectivity index (χ3v) is 3.75. The zero-order valence-corrected chi connectivity index (χ0v) is 8.44. The average molecular weight is 201 g/mol. The zero-order valence-electron chi connectivity index (χ0n) is 7.62. The Morgan fingerprint density at radius 2 is 2.38 bits per heavy atom. The van der Waals surface area contributed by atoms with Gasteiger partial charge in [0.05, 0.1) is 11.1 Å². The van der Waals surface area contributed by atoms with Crippen molar-refractivity contribution < 1.29 is 9.53 Å². The SMILES string of the molecule is O=C(CSC1CCN1)C1CCCO1. The molecule has 0 radical (unpaired) electrons. The number of ketones is 1. The Morgan fingerprint density at radius 1 is 1.54 bits per heavy atom. The van der Waals surface area contributed by atoms with Gasteiger partial charge in [0.1, 0.15) is 6.10 Å². The van der Waals surface area contributed by atoms with Crippen molar-refractivity contribution in [3.8, 4) is 0 Å². The predicted molar refractivity (Wildman–Crippen MR) is 52.8 cm³/mol. The summed E-state index contributed by atoms with van der Waals surface area (Å²) in [5, 5.41) is 3.78. The lowest BCUT2D eigenvalue weighted by Crippen LogP contribution is -2.41. The first-order valence-electron chi connectivity index (χ1n) is 4.85. The van der Waals surface area contributed by atoms with Gasteiger partial charge in [-0.3, -0.25) is 4.79 Å². The monoisotopic (exact) mass is 201 g/mol. The standard InChI is InChI=1S/C9H15NO2S/c11-7(8-2-1-5-12-8)6-13-9-3-4-10-9/h8-10H,1-6H2. The second-order valence-electron chi connectivity index (χ2n) is 3.51. The summed E-state index contributed by atoms with van der Waals surface area (Å²) in [5.41, 5.74) is 0. The van der Waals surface area contributed by atoms with Gasteiger partial charge in [0.15, 0.2) is 5.78 Å². The van der Waals surface area contributed by atoms with Gasteiger partial charge in [-0.15, -0.1) is 11.8 Å². The number of thioether (sulfide) groups is 1. The quantitative estimate of drug-likeness (QED) is 0.729. The van der Waals surface area contributed by atoms with E-state index in [4.69, 9.17) is 4.74 Å². The van der Waals surface area contributed by atoms with Crippen molar-refractivity contribution in [2.45, 2.75) is 30.7 Å². The minimum Gasteiger partial charge on any atom is -0.370 e. The number of ether oxygens (including phenoxy) is 1. The molecule has 0 aliphatic carbocycles. The van der Waals surface area contributed by atoms with Crippen LogP contribution < -0.4 is 5.32 Å². The van der Waals surface area contributed by atoms with Crippen LogP contribution in [0.4, 0.5) is 0 Å². The van der Waals surface area contributed by atoms with E-state index >= 15 is 0 Å². The summed E-state index contributed by atoms with van der Waals surface area (Å²) in [7, 11) is 0. The van der Waals surface area contributed by atoms with E-state index in [1.165, 1.54) is 6.42 Å². The molecule has 2 unspecified atom stereocenters. The molecule has 2 rings (SSSR count). The van der Waals surface area contributed by atoms with Crippen LogP contribution >= 0.6 is 11.8 Å². The summed E-state index contributed by atoms with van der Waals surface area (Å²) in [4.78, 5) is 11.5. The van der Waals surface area contributed by atoms with Crippen LogP contribution in [0.5, 0.6) is 0 Å². The first-order valence-corrected chi connectivity index (χ1v) is 5.90. The highest BCUT2D eigenvalue weighted by Crippen LogP contribution is 2.20. The summed E-state index contributed by atoms with van der Waals surface area (Å²) in [5.74, 6) is 0.888. The van der Waals surface area contributed by atoms with Gasteiger partial charge < -0.3 is 10.1 Å². The van der Waals surface area contributed by atoms with Crippen molar-refractivity contribution in [2.75, 3.05) is 18.9 Å². The molecular weight excluding hydrogens is 186 g/mol. The number of rotatable bonds is 4. The molecule has 0 spiro atoms. The molecule has 0 aromatic carbocycles. The second-order valence-corrected chi connectivity index (χ2v) is 4.70. The van der Waals surface area contributed by atoms with Crippen LogP contribution in [0.25, 0.3) is 0 Å². The van der Waals surface area contributed by atoms with Crippen molar-refractivity contribution >= 4 is 17.5 Å². The number of Topliss-reactive ketones (excluding diaryl/α,β-unsaturated/α-hetero) is 1. The molecule has 2 heterocycles. The average Bonchev–Trinajstić information content (AvgIpc) is 2.52. The largest absolute Gasteiger partial charge is 0.370 e. The fourth-order valence-electron chi connectivity index (χ4n) is 1.51. The Bertz CT molecular complexity index is 188. The van der Waals surface area contributed by atoms with Gasteiger partial charge in [-0.25, -0.2) is 0 Å². The van der Waals surface area contributed by atoms with E-state index in [0.29, 0.717) is 11.1 Å². The Hall–Kier alpha value is -0.0600. The minimum absolute atomic E-state index is 0.0902. The fraction of sp³-hybridized carbons (Fsp3) is 0.889. The van der Waals surface area contributed by atoms with Crippen molar-refractivity contribution in [1.29, 1.82) is 0 Å². The highest BCUT2D eigenvalue weighted by molar-refractivity contribution is 8.00. The fourth-order valence-corrected chi connectivity index (χ4v) is 2.58. The molecule has 0 aromatic heterocycles. The van der Waals surface area contributed by atoms with Crippen LogP contribution in [0.2, 0.25) is 0 Å². The first-order chi connectivity index (χ1) is 6.36. The van der Waals surface area contributed by atoms with Gasteiger partial charge in [-0.1, -0.05) is 0 Å². The van der Waals surface area contributed by atoms with Crippen LogP contribution in [0.1, 0.15) is 19.3 Å². The van der Waals surface area contributed by atoms with Gasteiger partial charge in [0.25, 0.3) is 0 Å². The molecule has 2 fully saturated rings. The highest BCUT2D eigenvalue weighted by Gasteiger charge is 2.25. The molecule has 4 heteroatoms. The van der Waals surface area contributed by atoms with Gasteiger partial charge >= 0.3 is 0 Å². The second kappa shape index (κ2) is 4.44. The van der Waals surface area contributed by atoms with E-state index in [-0.39, 0.29) is 11.9 Å². The molecule has 0 aromatic rings. The Morgan fingerprint density at radius 3 is 2.92 bits per heavy atom. The highest BCUT2D eigenvalue weighted by atomic mass is 32.2. The summed E-state index contributed by atoms with van der Waals surface area (Å²) < 4.78 is 5.32. The molecule has 2 aliphatic rings. The maximum absolute atomic E-state index is 11.5. The topological polar surface area (TPSA) is 38.3 Å². The molecule has 0 bridgehead atoms. The molecule has 1 N–H and O–H groups in total. The molecule has 3 nitrogen and oxygen atoms in total. The molecule has 2 saturated heterocycles. The van der Waals surface area contributed by atoms with Crippen LogP contribution in [0.3, 0.4) is 0 Å². The van der Waals surface area contributed by atoms with E-state index in [9.17, 15) is 4.79 Å². The lowest BCUT2D eigenvalue weighted by molar-refractivity contribution is -0.125. The zero-order chi connectivity index (χ0) is 9.10. The molecular formula is C9H15NO2S. The summed E-state index contributed by atoms with van der Waals surface area (Å²) in [6.45, 7) is 1.87. The van der Waals surface area contributed by atoms with Crippen molar-refractivity contribution in [2.24, 2.45) is 0 Å². The minimum atomic E-state index is -0.0902. The van der Waals surface area contributed by atoms with E-state index in [1.54, 1.807) is 11.8 Å². The lowest BCUT2D eigenvalue weighted by Gasteiger charge is -2.26. The predicted octanol–water partition coefficient (Wildman–Crippen LogP) is 0.787. The number of carbonyl (C=O) groups is 1. The number of hydrogen-bond donors (Lipinski definition) is 1. The van der Waals surface area contributed by atoms with Gasteiger partial charge in [-0.2, -0.15) is 0 Å². The van der Waals surface area contributed by atoms with Crippen molar-refractivity contribution in [3.63, 3.8) is 0 Å². The normalized spacial score (nSPS) is 32.9. The van der Waals surface area contributed by atoms with Gasteiger partial charge in [-0.05, 0) is 25.8 Å². The third kappa shape index (κ3) is 2.45. The van der Waals surface area contributed by atoms with E-state index in [2.05, 4.69) is 5.32 Å². The summed E-state index contributed by atoms with van der Waals surface area (Å²) in [6, 6.07) is 0. The molecule has 2 atom stereocenters. The Labute approximate surface area is 82.6 Å². The molecule has 74 valence electrons. The van der Waals surface area contributed by atoms with Gasteiger partial charge in [0.2, 0.25) is 0 Å². The van der Waals surface area contributed by atoms with E-state index in [1.807, 2.05) is 0 Å². The van der Waals surface area contributed by atoms with Crippen LogP contribution in [0.15, 0.2) is 0 Å². The maximum atomic E-state index is 11.5. The Balaban J connectivity index is 1.65. The molecule has 2 aliphatic heterocycles. The third-order valence-electron chi connectivity index (χ3n) is 2.49. The number of nitrogens with one attached hydrogen (secondary N) is 1. The molecule has 0 amide bonds. The lowest BCUT2D eigenvalue weighted by atomic mass is 10.2. The van der Waals surface area contributed by atoms with E-state index in [0.717, 1.165) is 26.0 Å². The number of hydrogen-bond acceptors (Lipinski definition) is 4.